The quantitative estimate of drug-likeness (QED) is 0.894. The lowest BCUT2D eigenvalue weighted by molar-refractivity contribution is 0.0686. The van der Waals surface area contributed by atoms with E-state index in [0.717, 1.165) is 29.0 Å². The van der Waals surface area contributed by atoms with Gasteiger partial charge in [0.25, 0.3) is 0 Å². The summed E-state index contributed by atoms with van der Waals surface area (Å²) in [6.45, 7) is 7.79. The molecule has 0 radical (unpaired) electrons. The highest BCUT2D eigenvalue weighted by Crippen LogP contribution is 2.40. The molecule has 1 aliphatic heterocycles. The lowest BCUT2D eigenvalue weighted by atomic mass is 9.78. The zero-order valence-corrected chi connectivity index (χ0v) is 14.3. The minimum Gasteiger partial charge on any atom is -0.496 e. The maximum atomic E-state index is 11.6. The molecule has 1 heterocycles. The van der Waals surface area contributed by atoms with E-state index in [1.807, 2.05) is 24.3 Å². The summed E-state index contributed by atoms with van der Waals surface area (Å²) in [5.74, 6) is 0.721. The third kappa shape index (κ3) is 2.75. The lowest BCUT2D eigenvalue weighted by Crippen LogP contribution is -2.44. The van der Waals surface area contributed by atoms with Crippen LogP contribution >= 0.6 is 0 Å². The van der Waals surface area contributed by atoms with Gasteiger partial charge in [-0.05, 0) is 34.2 Å². The SMILES string of the molecule is COc1ccc(C(C)(C)C)cc1C1(O)CNCc2ccccc21. The van der Waals surface area contributed by atoms with Gasteiger partial charge in [0.1, 0.15) is 11.4 Å². The molecule has 2 aromatic rings. The third-order valence-electron chi connectivity index (χ3n) is 4.67. The average molecular weight is 311 g/mol. The number of hydrogen-bond donors (Lipinski definition) is 2. The molecule has 23 heavy (non-hydrogen) atoms. The minimum absolute atomic E-state index is 0.0129. The summed E-state index contributed by atoms with van der Waals surface area (Å²) in [6.07, 6.45) is 0. The van der Waals surface area contributed by atoms with E-state index in [4.69, 9.17) is 4.74 Å². The second-order valence-electron chi connectivity index (χ2n) is 7.29. The summed E-state index contributed by atoms with van der Waals surface area (Å²) in [6, 6.07) is 14.2. The molecule has 0 saturated carbocycles. The summed E-state index contributed by atoms with van der Waals surface area (Å²) in [5.41, 5.74) is 3.03. The van der Waals surface area contributed by atoms with E-state index >= 15 is 0 Å². The summed E-state index contributed by atoms with van der Waals surface area (Å²) in [7, 11) is 1.65. The molecule has 3 heteroatoms. The van der Waals surface area contributed by atoms with Crippen LogP contribution < -0.4 is 10.1 Å². The highest BCUT2D eigenvalue weighted by atomic mass is 16.5. The summed E-state index contributed by atoms with van der Waals surface area (Å²) < 4.78 is 5.56. The molecule has 0 saturated heterocycles. The van der Waals surface area contributed by atoms with Crippen molar-refractivity contribution in [1.82, 2.24) is 5.32 Å². The number of hydrogen-bond acceptors (Lipinski definition) is 3. The predicted molar refractivity (Wildman–Crippen MR) is 92.8 cm³/mol. The van der Waals surface area contributed by atoms with Crippen molar-refractivity contribution in [2.75, 3.05) is 13.7 Å². The molecule has 0 amide bonds. The maximum Gasteiger partial charge on any atom is 0.131 e. The van der Waals surface area contributed by atoms with Gasteiger partial charge < -0.3 is 15.2 Å². The van der Waals surface area contributed by atoms with Crippen LogP contribution in [0.4, 0.5) is 0 Å². The zero-order valence-electron chi connectivity index (χ0n) is 14.3. The number of fused-ring (bicyclic) bond motifs is 1. The Kier molecular flexibility index (Phi) is 3.95. The Balaban J connectivity index is 2.21. The Morgan fingerprint density at radius 2 is 1.83 bits per heavy atom. The van der Waals surface area contributed by atoms with Crippen molar-refractivity contribution in [3.05, 3.63) is 64.7 Å². The number of benzene rings is 2. The van der Waals surface area contributed by atoms with Crippen molar-refractivity contribution in [1.29, 1.82) is 0 Å². The number of rotatable bonds is 2. The van der Waals surface area contributed by atoms with Gasteiger partial charge in [-0.1, -0.05) is 51.1 Å². The maximum absolute atomic E-state index is 11.6. The molecular formula is C20H25NO2. The number of methoxy groups -OCH3 is 1. The highest BCUT2D eigenvalue weighted by Gasteiger charge is 2.38. The van der Waals surface area contributed by atoms with Crippen molar-refractivity contribution in [3.63, 3.8) is 0 Å². The fourth-order valence-corrected chi connectivity index (χ4v) is 3.29. The lowest BCUT2D eigenvalue weighted by Gasteiger charge is -2.37. The van der Waals surface area contributed by atoms with E-state index in [-0.39, 0.29) is 5.41 Å². The molecule has 0 bridgehead atoms. The fourth-order valence-electron chi connectivity index (χ4n) is 3.29. The Morgan fingerprint density at radius 1 is 1.09 bits per heavy atom. The second-order valence-corrected chi connectivity index (χ2v) is 7.29. The molecule has 2 aromatic carbocycles. The van der Waals surface area contributed by atoms with Crippen LogP contribution in [0.5, 0.6) is 5.75 Å². The van der Waals surface area contributed by atoms with Gasteiger partial charge in [0.05, 0.1) is 7.11 Å². The summed E-state index contributed by atoms with van der Waals surface area (Å²) in [5, 5.41) is 14.9. The number of aliphatic hydroxyl groups is 1. The largest absolute Gasteiger partial charge is 0.496 e. The van der Waals surface area contributed by atoms with Gasteiger partial charge in [-0.3, -0.25) is 0 Å². The van der Waals surface area contributed by atoms with Crippen molar-refractivity contribution in [2.24, 2.45) is 0 Å². The zero-order chi connectivity index (χ0) is 16.7. The van der Waals surface area contributed by atoms with Gasteiger partial charge in [0, 0.05) is 18.7 Å². The third-order valence-corrected chi connectivity index (χ3v) is 4.67. The number of nitrogens with one attached hydrogen (secondary N) is 1. The molecule has 0 fully saturated rings. The monoisotopic (exact) mass is 311 g/mol. The summed E-state index contributed by atoms with van der Waals surface area (Å²) >= 11 is 0. The smallest absolute Gasteiger partial charge is 0.131 e. The molecule has 0 aliphatic carbocycles. The van der Waals surface area contributed by atoms with Crippen LogP contribution in [0.25, 0.3) is 0 Å². The van der Waals surface area contributed by atoms with Gasteiger partial charge in [0.2, 0.25) is 0 Å². The Labute approximate surface area is 138 Å². The molecule has 1 atom stereocenters. The molecule has 3 rings (SSSR count). The average Bonchev–Trinajstić information content (AvgIpc) is 2.54. The Morgan fingerprint density at radius 3 is 2.52 bits per heavy atom. The van der Waals surface area contributed by atoms with Crippen LogP contribution in [0.15, 0.2) is 42.5 Å². The molecule has 3 nitrogen and oxygen atoms in total. The van der Waals surface area contributed by atoms with Gasteiger partial charge in [0.15, 0.2) is 0 Å². The first kappa shape index (κ1) is 16.0. The van der Waals surface area contributed by atoms with Gasteiger partial charge in [-0.25, -0.2) is 0 Å². The Bertz CT molecular complexity index is 718. The summed E-state index contributed by atoms with van der Waals surface area (Å²) in [4.78, 5) is 0. The molecule has 1 aliphatic rings. The topological polar surface area (TPSA) is 41.5 Å². The molecule has 2 N–H and O–H groups in total. The molecule has 122 valence electrons. The minimum atomic E-state index is -1.08. The van der Waals surface area contributed by atoms with Crippen LogP contribution in [0.2, 0.25) is 0 Å². The molecular weight excluding hydrogens is 286 g/mol. The van der Waals surface area contributed by atoms with Crippen LogP contribution in [0.3, 0.4) is 0 Å². The van der Waals surface area contributed by atoms with E-state index in [1.165, 1.54) is 5.56 Å². The first-order valence-corrected chi connectivity index (χ1v) is 8.07. The van der Waals surface area contributed by atoms with Crippen molar-refractivity contribution in [3.8, 4) is 5.75 Å². The van der Waals surface area contributed by atoms with Crippen LogP contribution in [0.1, 0.15) is 43.0 Å². The van der Waals surface area contributed by atoms with E-state index in [0.29, 0.717) is 6.54 Å². The van der Waals surface area contributed by atoms with Gasteiger partial charge in [-0.2, -0.15) is 0 Å². The van der Waals surface area contributed by atoms with E-state index < -0.39 is 5.60 Å². The van der Waals surface area contributed by atoms with Crippen molar-refractivity contribution in [2.45, 2.75) is 38.3 Å². The predicted octanol–water partition coefficient (Wildman–Crippen LogP) is 3.33. The Hall–Kier alpha value is -1.84. The van der Waals surface area contributed by atoms with Crippen molar-refractivity contribution >= 4 is 0 Å². The van der Waals surface area contributed by atoms with E-state index in [2.05, 4.69) is 44.3 Å². The number of ether oxygens (including phenoxy) is 1. The fraction of sp³-hybridized carbons (Fsp3) is 0.400. The molecule has 0 aromatic heterocycles. The van der Waals surface area contributed by atoms with Crippen LogP contribution in [0, 0.1) is 0 Å². The van der Waals surface area contributed by atoms with Crippen LogP contribution in [-0.4, -0.2) is 18.8 Å². The standard InChI is InChI=1S/C20H25NO2/c1-19(2,3)15-9-10-18(23-4)17(11-15)20(22)13-21-12-14-7-5-6-8-16(14)20/h5-11,21-22H,12-13H2,1-4H3. The van der Waals surface area contributed by atoms with E-state index in [1.54, 1.807) is 7.11 Å². The second kappa shape index (κ2) is 5.66. The van der Waals surface area contributed by atoms with Gasteiger partial charge in [-0.15, -0.1) is 0 Å². The number of β-amino-alcohol motifs (C(OH)–C–C–N with tert-alkyl or cyclic N) is 1. The first-order chi connectivity index (χ1) is 10.9. The molecule has 0 spiro atoms. The highest BCUT2D eigenvalue weighted by molar-refractivity contribution is 5.51. The molecule has 1 unspecified atom stereocenters. The van der Waals surface area contributed by atoms with Crippen molar-refractivity contribution < 1.29 is 9.84 Å². The first-order valence-electron chi connectivity index (χ1n) is 8.07. The van der Waals surface area contributed by atoms with Gasteiger partial charge >= 0.3 is 0 Å². The van der Waals surface area contributed by atoms with E-state index in [9.17, 15) is 5.11 Å². The normalized spacial score (nSPS) is 20.9. The van der Waals surface area contributed by atoms with Crippen LogP contribution in [-0.2, 0) is 17.6 Å².